The Labute approximate surface area is 104 Å². The fraction of sp³-hybridized carbons (Fsp3) is 0.333. The monoisotopic (exact) mass is 249 g/mol. The first kappa shape index (κ1) is 12.2. The molecule has 0 saturated carbocycles. The average Bonchev–Trinajstić information content (AvgIpc) is 2.96. The maximum Gasteiger partial charge on any atom is 0.355 e. The molecule has 96 valence electrons. The maximum atomic E-state index is 11.9. The van der Waals surface area contributed by atoms with Crippen molar-refractivity contribution < 1.29 is 14.1 Å². The van der Waals surface area contributed by atoms with Crippen LogP contribution in [-0.2, 0) is 17.9 Å². The fourth-order valence-corrected chi connectivity index (χ4v) is 1.65. The number of hydrogen-bond donors (Lipinski definition) is 1. The van der Waals surface area contributed by atoms with Gasteiger partial charge in [0.25, 0.3) is 0 Å². The van der Waals surface area contributed by atoms with Gasteiger partial charge in [-0.05, 0) is 12.5 Å². The fourth-order valence-electron chi connectivity index (χ4n) is 1.65. The topological polar surface area (TPSA) is 83.3 Å². The number of anilines is 1. The highest BCUT2D eigenvalue weighted by molar-refractivity contribution is 5.89. The number of nitrogens with zero attached hydrogens (tertiary/aromatic N) is 2. The van der Waals surface area contributed by atoms with Crippen LogP contribution >= 0.6 is 0 Å². The minimum Gasteiger partial charge on any atom is -0.456 e. The van der Waals surface area contributed by atoms with Gasteiger partial charge >= 0.3 is 5.97 Å². The number of rotatable bonds is 5. The summed E-state index contributed by atoms with van der Waals surface area (Å²) in [5.74, 6) is -0.402. The van der Waals surface area contributed by atoms with Crippen LogP contribution in [-0.4, -0.2) is 15.7 Å². The van der Waals surface area contributed by atoms with E-state index in [1.807, 2.05) is 6.92 Å². The molecule has 2 heterocycles. The lowest BCUT2D eigenvalue weighted by molar-refractivity contribution is 0.0459. The highest BCUT2D eigenvalue weighted by atomic mass is 16.5. The molecule has 2 rings (SSSR count). The van der Waals surface area contributed by atoms with Crippen LogP contribution in [0.3, 0.4) is 0 Å². The first-order valence-electron chi connectivity index (χ1n) is 5.71. The summed E-state index contributed by atoms with van der Waals surface area (Å²) in [4.78, 5) is 11.9. The molecule has 2 aromatic heterocycles. The summed E-state index contributed by atoms with van der Waals surface area (Å²) in [6.07, 6.45) is 5.60. The maximum absolute atomic E-state index is 11.9. The molecule has 0 saturated heterocycles. The Hall–Kier alpha value is -2.24. The van der Waals surface area contributed by atoms with Crippen LogP contribution in [0, 0.1) is 0 Å². The lowest BCUT2D eigenvalue weighted by Crippen LogP contribution is -2.11. The van der Waals surface area contributed by atoms with Crippen molar-refractivity contribution in [2.75, 3.05) is 5.73 Å². The molecule has 2 N–H and O–H groups in total. The molecule has 0 bridgehead atoms. The van der Waals surface area contributed by atoms with E-state index in [0.29, 0.717) is 16.9 Å². The second-order valence-corrected chi connectivity index (χ2v) is 3.96. The Morgan fingerprint density at radius 1 is 1.61 bits per heavy atom. The van der Waals surface area contributed by atoms with E-state index in [1.54, 1.807) is 16.8 Å². The average molecular weight is 249 g/mol. The van der Waals surface area contributed by atoms with Crippen LogP contribution in [0.4, 0.5) is 5.69 Å². The summed E-state index contributed by atoms with van der Waals surface area (Å²) >= 11 is 0. The molecule has 18 heavy (non-hydrogen) atoms. The van der Waals surface area contributed by atoms with E-state index in [1.165, 1.54) is 12.5 Å². The smallest absolute Gasteiger partial charge is 0.355 e. The predicted octanol–water partition coefficient (Wildman–Crippen LogP) is 1.83. The van der Waals surface area contributed by atoms with Gasteiger partial charge in [-0.1, -0.05) is 12.1 Å². The Bertz CT molecular complexity index is 517. The van der Waals surface area contributed by atoms with Gasteiger partial charge in [0.05, 0.1) is 11.9 Å². The Kier molecular flexibility index (Phi) is 3.66. The molecule has 0 aromatic carbocycles. The first-order valence-corrected chi connectivity index (χ1v) is 5.71. The van der Waals surface area contributed by atoms with E-state index >= 15 is 0 Å². The molecule has 0 spiro atoms. The molecule has 0 aliphatic heterocycles. The van der Waals surface area contributed by atoms with Crippen LogP contribution in [0.15, 0.2) is 29.2 Å². The minimum absolute atomic E-state index is 0.138. The summed E-state index contributed by atoms with van der Waals surface area (Å²) in [7, 11) is 0. The number of hydrogen-bond acceptors (Lipinski definition) is 5. The van der Waals surface area contributed by atoms with E-state index in [4.69, 9.17) is 10.5 Å². The molecule has 0 radical (unpaired) electrons. The number of nitrogen functional groups attached to an aromatic ring is 1. The summed E-state index contributed by atoms with van der Waals surface area (Å²) in [5.41, 5.74) is 7.42. The largest absolute Gasteiger partial charge is 0.456 e. The van der Waals surface area contributed by atoms with Gasteiger partial charge in [0.1, 0.15) is 18.6 Å². The van der Waals surface area contributed by atoms with Gasteiger partial charge in [-0.25, -0.2) is 4.79 Å². The molecule has 0 aliphatic carbocycles. The van der Waals surface area contributed by atoms with Gasteiger partial charge in [0, 0.05) is 18.3 Å². The van der Waals surface area contributed by atoms with Gasteiger partial charge < -0.3 is 19.6 Å². The zero-order valence-electron chi connectivity index (χ0n) is 10.1. The number of esters is 1. The lowest BCUT2D eigenvalue weighted by Gasteiger charge is -2.06. The molecule has 6 nitrogen and oxygen atoms in total. The highest BCUT2D eigenvalue weighted by Gasteiger charge is 2.14. The summed E-state index contributed by atoms with van der Waals surface area (Å²) < 4.78 is 11.6. The predicted molar refractivity (Wildman–Crippen MR) is 64.8 cm³/mol. The molecule has 0 amide bonds. The Morgan fingerprint density at radius 3 is 3.11 bits per heavy atom. The first-order chi connectivity index (χ1) is 8.70. The van der Waals surface area contributed by atoms with Crippen molar-refractivity contribution in [3.05, 3.63) is 36.0 Å². The number of aryl methyl sites for hydroxylation is 1. The van der Waals surface area contributed by atoms with Crippen LogP contribution < -0.4 is 5.73 Å². The van der Waals surface area contributed by atoms with Crippen molar-refractivity contribution in [1.29, 1.82) is 0 Å². The zero-order chi connectivity index (χ0) is 13.0. The summed E-state index contributed by atoms with van der Waals surface area (Å²) in [6.45, 7) is 2.90. The number of carbonyl (C=O) groups is 1. The van der Waals surface area contributed by atoms with Crippen LogP contribution in [0.1, 0.15) is 29.4 Å². The Balaban J connectivity index is 2.03. The van der Waals surface area contributed by atoms with Gasteiger partial charge in [0.2, 0.25) is 0 Å². The van der Waals surface area contributed by atoms with Gasteiger partial charge in [0.15, 0.2) is 0 Å². The third-order valence-corrected chi connectivity index (χ3v) is 2.44. The second kappa shape index (κ2) is 5.39. The third-order valence-electron chi connectivity index (χ3n) is 2.44. The highest BCUT2D eigenvalue weighted by Crippen LogP contribution is 2.13. The normalized spacial score (nSPS) is 10.5. The van der Waals surface area contributed by atoms with Gasteiger partial charge in [-0.2, -0.15) is 0 Å². The van der Waals surface area contributed by atoms with Crippen LogP contribution in [0.2, 0.25) is 0 Å². The molecule has 0 unspecified atom stereocenters. The second-order valence-electron chi connectivity index (χ2n) is 3.96. The number of ether oxygens (including phenoxy) is 1. The van der Waals surface area contributed by atoms with E-state index < -0.39 is 5.97 Å². The lowest BCUT2D eigenvalue weighted by atomic mass is 10.4. The van der Waals surface area contributed by atoms with Crippen LogP contribution in [0.25, 0.3) is 0 Å². The van der Waals surface area contributed by atoms with E-state index in [0.717, 1.165) is 13.0 Å². The third kappa shape index (κ3) is 2.71. The SMILES string of the molecule is CCCn1cc(N)cc1C(=O)OCc1cnoc1. The van der Waals surface area contributed by atoms with Crippen molar-refractivity contribution in [1.82, 2.24) is 9.72 Å². The number of nitrogens with two attached hydrogens (primary N) is 1. The van der Waals surface area contributed by atoms with Crippen molar-refractivity contribution >= 4 is 11.7 Å². The van der Waals surface area contributed by atoms with Gasteiger partial charge in [-0.15, -0.1) is 0 Å². The number of carbonyl (C=O) groups excluding carboxylic acids is 1. The van der Waals surface area contributed by atoms with Crippen molar-refractivity contribution in [2.45, 2.75) is 26.5 Å². The summed E-state index contributed by atoms with van der Waals surface area (Å²) in [5, 5.41) is 3.53. The Morgan fingerprint density at radius 2 is 2.44 bits per heavy atom. The van der Waals surface area contributed by atoms with Crippen molar-refractivity contribution in [3.63, 3.8) is 0 Å². The minimum atomic E-state index is -0.402. The molecule has 2 aromatic rings. The van der Waals surface area contributed by atoms with E-state index in [-0.39, 0.29) is 6.61 Å². The molecular weight excluding hydrogens is 234 g/mol. The molecule has 0 fully saturated rings. The van der Waals surface area contributed by atoms with Gasteiger partial charge in [-0.3, -0.25) is 0 Å². The summed E-state index contributed by atoms with van der Waals surface area (Å²) in [6, 6.07) is 1.62. The zero-order valence-corrected chi connectivity index (χ0v) is 10.1. The van der Waals surface area contributed by atoms with Crippen molar-refractivity contribution in [3.8, 4) is 0 Å². The van der Waals surface area contributed by atoms with Crippen molar-refractivity contribution in [2.24, 2.45) is 0 Å². The molecular formula is C12H15N3O3. The standard InChI is InChI=1S/C12H15N3O3/c1-2-3-15-6-10(13)4-11(15)12(16)17-7-9-5-14-18-8-9/h4-6,8H,2-3,7,13H2,1H3. The quantitative estimate of drug-likeness (QED) is 0.817. The van der Waals surface area contributed by atoms with E-state index in [9.17, 15) is 4.79 Å². The molecule has 6 heteroatoms. The number of aromatic nitrogens is 2. The van der Waals surface area contributed by atoms with E-state index in [2.05, 4.69) is 9.68 Å². The van der Waals surface area contributed by atoms with Crippen LogP contribution in [0.5, 0.6) is 0 Å². The molecule has 0 aliphatic rings. The molecule has 0 atom stereocenters.